The fraction of sp³-hybridized carbons (Fsp3) is 0. The Morgan fingerprint density at radius 3 is 2.38 bits per heavy atom. The van der Waals surface area contributed by atoms with Gasteiger partial charge in [0.25, 0.3) is 0 Å². The summed E-state index contributed by atoms with van der Waals surface area (Å²) in [6.07, 6.45) is 0. The number of nitrogens with two attached hydrogens (primary N) is 1. The molecule has 0 aliphatic rings. The smallest absolute Gasteiger partial charge is 0.125 e. The van der Waals surface area contributed by atoms with Gasteiger partial charge in [0, 0.05) is 10.7 Å². The minimum absolute atomic E-state index is 0. The molecule has 1 nitrogen and oxygen atoms in total. The molecule has 0 fully saturated rings. The Morgan fingerprint density at radius 2 is 1.75 bits per heavy atom. The van der Waals surface area contributed by atoms with Gasteiger partial charge < -0.3 is 5.73 Å². The molecular weight excluding hydrogens is 248 g/mol. The van der Waals surface area contributed by atoms with Crippen LogP contribution in [0.2, 0.25) is 5.02 Å². The lowest BCUT2D eigenvalue weighted by molar-refractivity contribution is 0.628. The summed E-state index contributed by atoms with van der Waals surface area (Å²) in [4.78, 5) is 0. The van der Waals surface area contributed by atoms with Crippen LogP contribution in [0.1, 0.15) is 0 Å². The lowest BCUT2D eigenvalue weighted by Gasteiger charge is -2.03. The zero-order valence-electron chi connectivity index (χ0n) is 8.28. The van der Waals surface area contributed by atoms with Crippen molar-refractivity contribution in [3.05, 3.63) is 53.3 Å². The first kappa shape index (κ1) is 12.8. The molecule has 0 spiro atoms. The molecule has 2 rings (SSSR count). The average molecular weight is 258 g/mol. The number of rotatable bonds is 1. The second-order valence-electron chi connectivity index (χ2n) is 3.28. The van der Waals surface area contributed by atoms with Gasteiger partial charge in [-0.3, -0.25) is 0 Å². The summed E-state index contributed by atoms with van der Waals surface area (Å²) in [6, 6.07) is 11.7. The second-order valence-corrected chi connectivity index (χ2v) is 3.72. The van der Waals surface area contributed by atoms with E-state index >= 15 is 0 Å². The molecule has 0 aliphatic carbocycles. The monoisotopic (exact) mass is 257 g/mol. The van der Waals surface area contributed by atoms with Crippen LogP contribution in [0.25, 0.3) is 11.1 Å². The highest BCUT2D eigenvalue weighted by molar-refractivity contribution is 6.30. The van der Waals surface area contributed by atoms with Crippen molar-refractivity contribution in [1.29, 1.82) is 0 Å². The van der Waals surface area contributed by atoms with Gasteiger partial charge in [-0.2, -0.15) is 0 Å². The van der Waals surface area contributed by atoms with Crippen LogP contribution >= 0.6 is 24.0 Å². The number of nitrogen functional groups attached to an aromatic ring is 1. The zero-order valence-corrected chi connectivity index (χ0v) is 9.86. The van der Waals surface area contributed by atoms with E-state index < -0.39 is 0 Å². The summed E-state index contributed by atoms with van der Waals surface area (Å²) in [6.45, 7) is 0. The van der Waals surface area contributed by atoms with Crippen LogP contribution in [0.5, 0.6) is 0 Å². The normalized spacial score (nSPS) is 9.62. The van der Waals surface area contributed by atoms with E-state index in [-0.39, 0.29) is 18.2 Å². The Morgan fingerprint density at radius 1 is 1.00 bits per heavy atom. The van der Waals surface area contributed by atoms with E-state index in [9.17, 15) is 4.39 Å². The third kappa shape index (κ3) is 2.87. The maximum Gasteiger partial charge on any atom is 0.125 e. The van der Waals surface area contributed by atoms with Crippen molar-refractivity contribution >= 4 is 29.7 Å². The largest absolute Gasteiger partial charge is 0.399 e. The molecule has 2 N–H and O–H groups in total. The third-order valence-electron chi connectivity index (χ3n) is 2.08. The van der Waals surface area contributed by atoms with Crippen molar-refractivity contribution in [2.75, 3.05) is 5.73 Å². The topological polar surface area (TPSA) is 26.0 Å². The predicted octanol–water partition coefficient (Wildman–Crippen LogP) is 4.15. The van der Waals surface area contributed by atoms with E-state index in [1.54, 1.807) is 18.2 Å². The molecule has 0 aromatic heterocycles. The first-order valence-corrected chi connectivity index (χ1v) is 4.85. The molecule has 0 aliphatic heterocycles. The molecule has 2 aromatic rings. The Kier molecular flexibility index (Phi) is 4.16. The zero-order chi connectivity index (χ0) is 10.8. The number of anilines is 1. The summed E-state index contributed by atoms with van der Waals surface area (Å²) >= 11 is 5.77. The molecule has 0 heterocycles. The molecule has 0 amide bonds. The first-order valence-electron chi connectivity index (χ1n) is 4.47. The highest BCUT2D eigenvalue weighted by Gasteiger charge is 2.02. The van der Waals surface area contributed by atoms with Crippen molar-refractivity contribution in [1.82, 2.24) is 0 Å². The van der Waals surface area contributed by atoms with Gasteiger partial charge in [0.05, 0.1) is 0 Å². The molecule has 84 valence electrons. The molecule has 2 aromatic carbocycles. The van der Waals surface area contributed by atoms with Crippen LogP contribution < -0.4 is 5.73 Å². The Bertz CT molecular complexity index is 480. The Labute approximate surface area is 104 Å². The van der Waals surface area contributed by atoms with Gasteiger partial charge in [0.15, 0.2) is 0 Å². The minimum atomic E-state index is -0.347. The van der Waals surface area contributed by atoms with Gasteiger partial charge >= 0.3 is 0 Å². The average Bonchev–Trinajstić information content (AvgIpc) is 2.16. The maximum absolute atomic E-state index is 13.1. The molecule has 4 heteroatoms. The van der Waals surface area contributed by atoms with Crippen molar-refractivity contribution < 1.29 is 4.39 Å². The lowest BCUT2D eigenvalue weighted by Crippen LogP contribution is -1.86. The van der Waals surface area contributed by atoms with Crippen LogP contribution in [0.3, 0.4) is 0 Å². The highest BCUT2D eigenvalue weighted by Crippen LogP contribution is 2.25. The summed E-state index contributed by atoms with van der Waals surface area (Å²) in [5.74, 6) is -0.347. The van der Waals surface area contributed by atoms with Crippen LogP contribution in [-0.4, -0.2) is 0 Å². The van der Waals surface area contributed by atoms with E-state index in [0.29, 0.717) is 10.7 Å². The van der Waals surface area contributed by atoms with Crippen LogP contribution in [0, 0.1) is 5.82 Å². The standard InChI is InChI=1S/C12H9ClFN.ClH/c13-10-4-9(5-11(14)7-10)8-2-1-3-12(15)6-8;/h1-7H,15H2;1H. The highest BCUT2D eigenvalue weighted by atomic mass is 35.5. The van der Waals surface area contributed by atoms with E-state index in [1.807, 2.05) is 12.1 Å². The maximum atomic E-state index is 13.1. The first-order chi connectivity index (χ1) is 7.15. The quantitative estimate of drug-likeness (QED) is 0.764. The van der Waals surface area contributed by atoms with Gasteiger partial charge in [-0.25, -0.2) is 4.39 Å². The molecule has 16 heavy (non-hydrogen) atoms. The number of hydrogen-bond donors (Lipinski definition) is 1. The Hall–Kier alpha value is -1.25. The molecule has 0 saturated heterocycles. The van der Waals surface area contributed by atoms with E-state index in [1.165, 1.54) is 12.1 Å². The van der Waals surface area contributed by atoms with Gasteiger partial charge in [-0.05, 0) is 41.5 Å². The third-order valence-corrected chi connectivity index (χ3v) is 2.30. The number of halogens is 3. The van der Waals surface area contributed by atoms with Crippen LogP contribution in [-0.2, 0) is 0 Å². The summed E-state index contributed by atoms with van der Waals surface area (Å²) in [5, 5.41) is 0.382. The second kappa shape index (κ2) is 5.19. The van der Waals surface area contributed by atoms with E-state index in [2.05, 4.69) is 0 Å². The SMILES string of the molecule is Cl.Nc1cccc(-c2cc(F)cc(Cl)c2)c1. The minimum Gasteiger partial charge on any atom is -0.399 e. The molecular formula is C12H10Cl2FN. The molecule has 0 radical (unpaired) electrons. The van der Waals surface area contributed by atoms with E-state index in [4.69, 9.17) is 17.3 Å². The van der Waals surface area contributed by atoms with Gasteiger partial charge in [-0.1, -0.05) is 23.7 Å². The van der Waals surface area contributed by atoms with E-state index in [0.717, 1.165) is 11.1 Å². The summed E-state index contributed by atoms with van der Waals surface area (Å²) in [5.41, 5.74) is 7.88. The van der Waals surface area contributed by atoms with Crippen molar-refractivity contribution in [3.63, 3.8) is 0 Å². The van der Waals surface area contributed by atoms with Crippen molar-refractivity contribution in [2.24, 2.45) is 0 Å². The summed E-state index contributed by atoms with van der Waals surface area (Å²) in [7, 11) is 0. The lowest BCUT2D eigenvalue weighted by atomic mass is 10.1. The summed E-state index contributed by atoms with van der Waals surface area (Å²) < 4.78 is 13.1. The fourth-order valence-electron chi connectivity index (χ4n) is 1.44. The van der Waals surface area contributed by atoms with Crippen molar-refractivity contribution in [3.8, 4) is 11.1 Å². The molecule has 0 atom stereocenters. The van der Waals surface area contributed by atoms with Gasteiger partial charge in [-0.15, -0.1) is 12.4 Å². The molecule has 0 saturated carbocycles. The fourth-order valence-corrected chi connectivity index (χ4v) is 1.66. The van der Waals surface area contributed by atoms with Gasteiger partial charge in [0.2, 0.25) is 0 Å². The molecule has 0 unspecified atom stereocenters. The van der Waals surface area contributed by atoms with Gasteiger partial charge in [0.1, 0.15) is 5.82 Å². The Balaban J connectivity index is 0.00000128. The molecule has 0 bridgehead atoms. The number of benzene rings is 2. The predicted molar refractivity (Wildman–Crippen MR) is 68.5 cm³/mol. The van der Waals surface area contributed by atoms with Crippen molar-refractivity contribution in [2.45, 2.75) is 0 Å². The van der Waals surface area contributed by atoms with Crippen LogP contribution in [0.15, 0.2) is 42.5 Å². The number of hydrogen-bond acceptors (Lipinski definition) is 1. The van der Waals surface area contributed by atoms with Crippen LogP contribution in [0.4, 0.5) is 10.1 Å².